The zero-order valence-corrected chi connectivity index (χ0v) is 24.3. The molecule has 1 amide bonds. The van der Waals surface area contributed by atoms with Gasteiger partial charge in [-0.1, -0.05) is 30.2 Å². The van der Waals surface area contributed by atoms with Crippen LogP contribution < -0.4 is 10.9 Å². The third-order valence-corrected chi connectivity index (χ3v) is 7.98. The fourth-order valence-corrected chi connectivity index (χ4v) is 5.59. The number of pyridine rings is 1. The van der Waals surface area contributed by atoms with E-state index in [0.29, 0.717) is 41.2 Å². The summed E-state index contributed by atoms with van der Waals surface area (Å²) in [6.07, 6.45) is 2.83. The largest absolute Gasteiger partial charge is 0.436 e. The van der Waals surface area contributed by atoms with E-state index < -0.39 is 17.9 Å². The van der Waals surface area contributed by atoms with Crippen LogP contribution in [-0.2, 0) is 18.0 Å². The molecule has 5 aromatic rings. The molecule has 226 valence electrons. The third kappa shape index (κ3) is 5.62. The first-order valence-electron chi connectivity index (χ1n) is 13.8. The highest BCUT2D eigenvalue weighted by molar-refractivity contribution is 6.31. The molecule has 0 unspecified atom stereocenters. The van der Waals surface area contributed by atoms with Crippen molar-refractivity contribution >= 4 is 23.2 Å². The summed E-state index contributed by atoms with van der Waals surface area (Å²) in [6, 6.07) is 11.0. The Morgan fingerprint density at radius 2 is 1.84 bits per heavy atom. The van der Waals surface area contributed by atoms with Crippen LogP contribution >= 0.6 is 11.6 Å². The lowest BCUT2D eigenvalue weighted by atomic mass is 9.95. The van der Waals surface area contributed by atoms with Gasteiger partial charge in [-0.05, 0) is 54.8 Å². The highest BCUT2D eigenvalue weighted by Crippen LogP contribution is 2.34. The molecule has 1 aliphatic rings. The number of hydrogen-bond acceptors (Lipinski definition) is 6. The Morgan fingerprint density at radius 3 is 2.59 bits per heavy atom. The summed E-state index contributed by atoms with van der Waals surface area (Å²) >= 11 is 6.24. The predicted molar refractivity (Wildman–Crippen MR) is 157 cm³/mol. The second-order valence-electron chi connectivity index (χ2n) is 10.7. The van der Waals surface area contributed by atoms with Crippen LogP contribution in [0.5, 0.6) is 0 Å². The second-order valence-corrected chi connectivity index (χ2v) is 11.2. The third-order valence-electron chi connectivity index (χ3n) is 7.74. The maximum Gasteiger partial charge on any atom is 0.436 e. The first-order chi connectivity index (χ1) is 21.0. The smallest absolute Gasteiger partial charge is 0.348 e. The molecule has 14 heteroatoms. The van der Waals surface area contributed by atoms with Gasteiger partial charge in [-0.2, -0.15) is 13.2 Å². The maximum absolute atomic E-state index is 13.7. The lowest BCUT2D eigenvalue weighted by Gasteiger charge is -2.23. The summed E-state index contributed by atoms with van der Waals surface area (Å²) in [5, 5.41) is 10.2. The Morgan fingerprint density at radius 1 is 1.02 bits per heavy atom. The van der Waals surface area contributed by atoms with Crippen LogP contribution in [0.25, 0.3) is 28.3 Å². The van der Waals surface area contributed by atoms with Crippen LogP contribution in [0.1, 0.15) is 43.5 Å². The molecule has 2 bridgehead atoms. The summed E-state index contributed by atoms with van der Waals surface area (Å²) in [7, 11) is 1.87. The fraction of sp³-hybridized carbons (Fsp3) is 0.267. The van der Waals surface area contributed by atoms with Gasteiger partial charge in [-0.25, -0.2) is 9.67 Å². The van der Waals surface area contributed by atoms with Gasteiger partial charge in [0.25, 0.3) is 5.56 Å². The lowest BCUT2D eigenvalue weighted by molar-refractivity contribution is -0.141. The van der Waals surface area contributed by atoms with Crippen molar-refractivity contribution in [1.82, 2.24) is 34.1 Å². The van der Waals surface area contributed by atoms with E-state index in [1.165, 1.54) is 35.2 Å². The standard InChI is InChI=1S/C30H26ClF3N8O2/c1-17-4-3-5-24(18-8-10-35-23(12-18)28-21(37-29(17)44)9-11-40(28)2)41-16-36-22(14-27(41)43)20-13-19(31)6-7-25(20)42-15-26(38-39-42)30(32,33)34/h6-17,24H,3-5H2,1-2H3,(H,37,44)/t17-,24+/m1/s1. The Balaban J connectivity index is 1.42. The van der Waals surface area contributed by atoms with Crippen LogP contribution in [0.15, 0.2) is 72.2 Å². The molecule has 10 nitrogen and oxygen atoms in total. The van der Waals surface area contributed by atoms with Gasteiger partial charge in [-0.3, -0.25) is 19.1 Å². The molecule has 1 aromatic carbocycles. The van der Waals surface area contributed by atoms with E-state index in [-0.39, 0.29) is 28.8 Å². The second kappa shape index (κ2) is 11.4. The van der Waals surface area contributed by atoms with Crippen molar-refractivity contribution < 1.29 is 18.0 Å². The van der Waals surface area contributed by atoms with E-state index in [9.17, 15) is 22.8 Å². The molecule has 44 heavy (non-hydrogen) atoms. The van der Waals surface area contributed by atoms with Crippen LogP contribution in [0.2, 0.25) is 5.02 Å². The van der Waals surface area contributed by atoms with Crippen LogP contribution in [0, 0.1) is 5.92 Å². The highest BCUT2D eigenvalue weighted by Gasteiger charge is 2.35. The lowest BCUT2D eigenvalue weighted by Crippen LogP contribution is -2.26. The number of fused-ring (bicyclic) bond motifs is 4. The summed E-state index contributed by atoms with van der Waals surface area (Å²) in [6.45, 7) is 1.87. The molecule has 0 fully saturated rings. The number of carbonyl (C=O) groups excluding carboxylic acids is 1. The molecule has 6 rings (SSSR count). The van der Waals surface area contributed by atoms with E-state index in [1.54, 1.807) is 6.20 Å². The summed E-state index contributed by atoms with van der Waals surface area (Å²) in [4.78, 5) is 35.7. The van der Waals surface area contributed by atoms with E-state index in [2.05, 4.69) is 25.6 Å². The zero-order valence-electron chi connectivity index (χ0n) is 23.6. The van der Waals surface area contributed by atoms with Crippen molar-refractivity contribution in [1.29, 1.82) is 0 Å². The number of hydrogen-bond donors (Lipinski definition) is 1. The van der Waals surface area contributed by atoms with Gasteiger partial charge in [-0.15, -0.1) is 5.10 Å². The number of alkyl halides is 3. The highest BCUT2D eigenvalue weighted by atomic mass is 35.5. The molecule has 0 aliphatic carbocycles. The van der Waals surface area contributed by atoms with Gasteiger partial charge in [0.05, 0.1) is 47.0 Å². The van der Waals surface area contributed by atoms with Gasteiger partial charge < -0.3 is 9.88 Å². The van der Waals surface area contributed by atoms with Gasteiger partial charge >= 0.3 is 6.18 Å². The zero-order chi connectivity index (χ0) is 31.2. The van der Waals surface area contributed by atoms with Crippen molar-refractivity contribution in [3.8, 4) is 28.3 Å². The van der Waals surface area contributed by atoms with E-state index in [4.69, 9.17) is 11.6 Å². The SMILES string of the molecule is C[C@@H]1CCC[C@H](n2cnc(-c3cc(Cl)ccc3-n3cc(C(F)(F)F)nn3)cc2=O)c2ccnc(c2)-c2c(ccn2C)NC1=O. The molecule has 5 heterocycles. The number of nitrogens with one attached hydrogen (secondary N) is 1. The first kappa shape index (κ1) is 29.3. The summed E-state index contributed by atoms with van der Waals surface area (Å²) in [5.74, 6) is -0.358. The molecule has 1 N–H and O–H groups in total. The fourth-order valence-electron chi connectivity index (χ4n) is 5.42. The minimum atomic E-state index is -4.67. The molecular weight excluding hydrogens is 597 g/mol. The Bertz CT molecular complexity index is 1930. The topological polar surface area (TPSA) is 113 Å². The Kier molecular flexibility index (Phi) is 7.58. The number of nitrogens with zero attached hydrogens (tertiary/aromatic N) is 7. The monoisotopic (exact) mass is 622 g/mol. The molecule has 0 saturated carbocycles. The number of anilines is 1. The number of amides is 1. The van der Waals surface area contributed by atoms with Crippen LogP contribution in [-0.4, -0.2) is 40.0 Å². The minimum absolute atomic E-state index is 0.0963. The average Bonchev–Trinajstić information content (AvgIpc) is 3.62. The van der Waals surface area contributed by atoms with Gasteiger partial charge in [0, 0.05) is 42.0 Å². The molecule has 0 spiro atoms. The van der Waals surface area contributed by atoms with Gasteiger partial charge in [0.1, 0.15) is 0 Å². The number of halogens is 4. The first-order valence-corrected chi connectivity index (χ1v) is 14.2. The summed E-state index contributed by atoms with van der Waals surface area (Å²) in [5.41, 5.74) is 2.06. The van der Waals surface area contributed by atoms with Crippen molar-refractivity contribution in [2.45, 2.75) is 38.4 Å². The molecule has 1 aliphatic heterocycles. The average molecular weight is 623 g/mol. The number of aryl methyl sites for hydroxylation is 1. The Hall–Kier alpha value is -4.78. The molecule has 2 atom stereocenters. The quantitative estimate of drug-likeness (QED) is 0.268. The van der Waals surface area contributed by atoms with E-state index in [1.807, 2.05) is 42.9 Å². The van der Waals surface area contributed by atoms with Crippen LogP contribution in [0.3, 0.4) is 0 Å². The van der Waals surface area contributed by atoms with Gasteiger partial charge in [0.15, 0.2) is 5.69 Å². The molecule has 4 aromatic heterocycles. The number of carbonyl (C=O) groups is 1. The number of rotatable bonds is 3. The predicted octanol–water partition coefficient (Wildman–Crippen LogP) is 5.91. The van der Waals surface area contributed by atoms with E-state index in [0.717, 1.165) is 22.1 Å². The van der Waals surface area contributed by atoms with E-state index >= 15 is 0 Å². The number of aromatic nitrogens is 7. The van der Waals surface area contributed by atoms with Crippen LogP contribution in [0.4, 0.5) is 18.9 Å². The summed E-state index contributed by atoms with van der Waals surface area (Å²) < 4.78 is 44.0. The Labute approximate surface area is 254 Å². The number of benzene rings is 1. The van der Waals surface area contributed by atoms with Crippen molar-refractivity contribution in [3.63, 3.8) is 0 Å². The maximum atomic E-state index is 13.7. The van der Waals surface area contributed by atoms with Crippen molar-refractivity contribution in [2.75, 3.05) is 5.32 Å². The van der Waals surface area contributed by atoms with Gasteiger partial charge in [0.2, 0.25) is 5.91 Å². The molecule has 0 radical (unpaired) electrons. The van der Waals surface area contributed by atoms with Crippen molar-refractivity contribution in [3.05, 3.63) is 94.0 Å². The minimum Gasteiger partial charge on any atom is -0.348 e. The molecule has 0 saturated heterocycles. The normalized spacial score (nSPS) is 17.4. The molecular formula is C30H26ClF3N8O2. The van der Waals surface area contributed by atoms with Crippen molar-refractivity contribution in [2.24, 2.45) is 13.0 Å².